The lowest BCUT2D eigenvalue weighted by molar-refractivity contribution is -0.126. The second-order valence-electron chi connectivity index (χ2n) is 8.50. The van der Waals surface area contributed by atoms with Crippen LogP contribution in [0.25, 0.3) is 0 Å². The fourth-order valence-electron chi connectivity index (χ4n) is 3.83. The Bertz CT molecular complexity index is 996. The molecule has 1 saturated heterocycles. The van der Waals surface area contributed by atoms with Crippen LogP contribution in [0.1, 0.15) is 43.7 Å². The molecule has 8 heteroatoms. The van der Waals surface area contributed by atoms with E-state index in [2.05, 4.69) is 24.1 Å². The van der Waals surface area contributed by atoms with Gasteiger partial charge in [0.1, 0.15) is 5.82 Å². The molecule has 2 aromatic rings. The quantitative estimate of drug-likeness (QED) is 0.710. The number of hydrogen-bond donors (Lipinski definition) is 1. The summed E-state index contributed by atoms with van der Waals surface area (Å²) >= 11 is 0. The number of aromatic nitrogens is 1. The predicted octanol–water partition coefficient (Wildman–Crippen LogP) is 2.99. The van der Waals surface area contributed by atoms with Crippen molar-refractivity contribution in [3.05, 3.63) is 53.7 Å². The van der Waals surface area contributed by atoms with Gasteiger partial charge in [-0.3, -0.25) is 4.79 Å². The molecule has 0 aliphatic carbocycles. The van der Waals surface area contributed by atoms with Crippen LogP contribution in [0.5, 0.6) is 0 Å². The molecule has 0 saturated carbocycles. The lowest BCUT2D eigenvalue weighted by Crippen LogP contribution is -2.42. The third kappa shape index (κ3) is 5.43. The van der Waals surface area contributed by atoms with Gasteiger partial charge in [-0.25, -0.2) is 13.4 Å². The molecule has 1 aromatic carbocycles. The van der Waals surface area contributed by atoms with Crippen LogP contribution >= 0.6 is 0 Å². The van der Waals surface area contributed by atoms with Crippen LogP contribution in [0.2, 0.25) is 0 Å². The number of anilines is 1. The van der Waals surface area contributed by atoms with Gasteiger partial charge in [-0.2, -0.15) is 4.31 Å². The Morgan fingerprint density at radius 2 is 1.81 bits per heavy atom. The fraction of sp³-hybridized carbons (Fsp3) is 0.478. The largest absolute Gasteiger partial charge is 0.362 e. The standard InChI is InChI=1S/C23H32N4O3S/c1-17(2)18-7-9-21(10-8-18)31(29,30)27-14-11-19(12-15-27)23(28)25-16-20-6-5-13-24-22(20)26(3)4/h5-10,13,17,19H,11-12,14-16H2,1-4H3,(H,25,28). The van der Waals surface area contributed by atoms with Crippen molar-refractivity contribution < 1.29 is 13.2 Å². The van der Waals surface area contributed by atoms with Crippen LogP contribution in [0, 0.1) is 5.92 Å². The summed E-state index contributed by atoms with van der Waals surface area (Å²) in [7, 11) is 0.298. The highest BCUT2D eigenvalue weighted by molar-refractivity contribution is 7.89. The molecule has 1 fully saturated rings. The van der Waals surface area contributed by atoms with Crippen LogP contribution in [-0.4, -0.2) is 50.8 Å². The van der Waals surface area contributed by atoms with Gasteiger partial charge in [-0.1, -0.05) is 32.0 Å². The number of carbonyl (C=O) groups excluding carboxylic acids is 1. The van der Waals surface area contributed by atoms with E-state index < -0.39 is 10.0 Å². The minimum absolute atomic E-state index is 0.0353. The van der Waals surface area contributed by atoms with E-state index in [9.17, 15) is 13.2 Å². The molecule has 31 heavy (non-hydrogen) atoms. The Morgan fingerprint density at radius 1 is 1.16 bits per heavy atom. The molecule has 1 aliphatic heterocycles. The van der Waals surface area contributed by atoms with Crippen LogP contribution < -0.4 is 10.2 Å². The third-order valence-electron chi connectivity index (χ3n) is 5.75. The number of rotatable bonds is 7. The molecule has 0 unspecified atom stereocenters. The van der Waals surface area contributed by atoms with Crippen molar-refractivity contribution in [2.75, 3.05) is 32.1 Å². The van der Waals surface area contributed by atoms with E-state index in [0.717, 1.165) is 16.9 Å². The molecule has 1 aliphatic rings. The minimum atomic E-state index is -3.54. The maximum Gasteiger partial charge on any atom is 0.243 e. The second kappa shape index (κ2) is 9.78. The monoisotopic (exact) mass is 444 g/mol. The van der Waals surface area contributed by atoms with Gasteiger partial charge in [0.15, 0.2) is 0 Å². The number of nitrogens with one attached hydrogen (secondary N) is 1. The molecular weight excluding hydrogens is 412 g/mol. The zero-order chi connectivity index (χ0) is 22.6. The first kappa shape index (κ1) is 23.2. The minimum Gasteiger partial charge on any atom is -0.362 e. The number of amides is 1. The maximum absolute atomic E-state index is 13.0. The maximum atomic E-state index is 13.0. The average molecular weight is 445 g/mol. The van der Waals surface area contributed by atoms with Gasteiger partial charge in [-0.15, -0.1) is 0 Å². The van der Waals surface area contributed by atoms with E-state index in [-0.39, 0.29) is 11.8 Å². The molecule has 1 N–H and O–H groups in total. The number of nitrogens with zero attached hydrogens (tertiary/aromatic N) is 3. The van der Waals surface area contributed by atoms with Gasteiger partial charge < -0.3 is 10.2 Å². The normalized spacial score (nSPS) is 15.8. The average Bonchev–Trinajstić information content (AvgIpc) is 2.77. The van der Waals surface area contributed by atoms with Crippen LogP contribution in [0.15, 0.2) is 47.5 Å². The van der Waals surface area contributed by atoms with Crippen molar-refractivity contribution in [2.45, 2.75) is 44.0 Å². The first-order valence-corrected chi connectivity index (χ1v) is 12.1. The first-order valence-electron chi connectivity index (χ1n) is 10.7. The van der Waals surface area contributed by atoms with E-state index >= 15 is 0 Å². The number of carbonyl (C=O) groups is 1. The van der Waals surface area contributed by atoms with E-state index in [1.54, 1.807) is 18.3 Å². The molecule has 1 aromatic heterocycles. The second-order valence-corrected chi connectivity index (χ2v) is 10.4. The summed E-state index contributed by atoms with van der Waals surface area (Å²) < 4.78 is 27.4. The lowest BCUT2D eigenvalue weighted by atomic mass is 9.97. The summed E-state index contributed by atoms with van der Waals surface area (Å²) in [5.74, 6) is 0.958. The Morgan fingerprint density at radius 3 is 2.39 bits per heavy atom. The number of sulfonamides is 1. The van der Waals surface area contributed by atoms with Crippen molar-refractivity contribution in [1.82, 2.24) is 14.6 Å². The first-order chi connectivity index (χ1) is 14.7. The smallest absolute Gasteiger partial charge is 0.243 e. The Kier molecular flexibility index (Phi) is 7.33. The summed E-state index contributed by atoms with van der Waals surface area (Å²) in [6.45, 7) is 5.26. The number of pyridine rings is 1. The Labute approximate surface area is 185 Å². The van der Waals surface area contributed by atoms with E-state index in [0.29, 0.717) is 43.3 Å². The highest BCUT2D eigenvalue weighted by atomic mass is 32.2. The van der Waals surface area contributed by atoms with Crippen LogP contribution in [-0.2, 0) is 21.4 Å². The molecule has 7 nitrogen and oxygen atoms in total. The van der Waals surface area contributed by atoms with Crippen molar-refractivity contribution in [3.8, 4) is 0 Å². The van der Waals surface area contributed by atoms with Gasteiger partial charge in [0.05, 0.1) is 4.90 Å². The number of piperidine rings is 1. The molecule has 0 spiro atoms. The molecule has 3 rings (SSSR count). The van der Waals surface area contributed by atoms with Crippen LogP contribution in [0.3, 0.4) is 0 Å². The third-order valence-corrected chi connectivity index (χ3v) is 7.67. The summed E-state index contributed by atoms with van der Waals surface area (Å²) in [4.78, 5) is 19.2. The summed E-state index contributed by atoms with van der Waals surface area (Å²) in [5, 5.41) is 2.99. The van der Waals surface area contributed by atoms with Crippen LogP contribution in [0.4, 0.5) is 5.82 Å². The van der Waals surface area contributed by atoms with Gasteiger partial charge in [0, 0.05) is 51.4 Å². The predicted molar refractivity (Wildman–Crippen MR) is 122 cm³/mol. The zero-order valence-corrected chi connectivity index (χ0v) is 19.5. The number of benzene rings is 1. The van der Waals surface area contributed by atoms with Gasteiger partial charge in [0.2, 0.25) is 15.9 Å². The van der Waals surface area contributed by atoms with Crippen molar-refractivity contribution in [3.63, 3.8) is 0 Å². The number of hydrogen-bond acceptors (Lipinski definition) is 5. The lowest BCUT2D eigenvalue weighted by Gasteiger charge is -2.30. The molecule has 168 valence electrons. The van der Waals surface area contributed by atoms with Gasteiger partial charge in [0.25, 0.3) is 0 Å². The molecule has 0 radical (unpaired) electrons. The molecular formula is C23H32N4O3S. The SMILES string of the molecule is CC(C)c1ccc(S(=O)(=O)N2CCC(C(=O)NCc3cccnc3N(C)C)CC2)cc1. The topological polar surface area (TPSA) is 82.6 Å². The molecule has 0 atom stereocenters. The van der Waals surface area contributed by atoms with E-state index in [4.69, 9.17) is 0 Å². The van der Waals surface area contributed by atoms with E-state index in [1.165, 1.54) is 4.31 Å². The van der Waals surface area contributed by atoms with Crippen molar-refractivity contribution >= 4 is 21.7 Å². The van der Waals surface area contributed by atoms with E-state index in [1.807, 2.05) is 43.3 Å². The Balaban J connectivity index is 1.57. The summed E-state index contributed by atoms with van der Waals surface area (Å²) in [6, 6.07) is 10.9. The van der Waals surface area contributed by atoms with Crippen molar-refractivity contribution in [1.29, 1.82) is 0 Å². The Hall–Kier alpha value is -2.45. The summed E-state index contributed by atoms with van der Waals surface area (Å²) in [5.41, 5.74) is 2.06. The highest BCUT2D eigenvalue weighted by Gasteiger charge is 2.32. The molecule has 1 amide bonds. The highest BCUT2D eigenvalue weighted by Crippen LogP contribution is 2.25. The summed E-state index contributed by atoms with van der Waals surface area (Å²) in [6.07, 6.45) is 2.76. The molecule has 0 bridgehead atoms. The van der Waals surface area contributed by atoms with Gasteiger partial charge in [-0.05, 0) is 42.5 Å². The van der Waals surface area contributed by atoms with Crippen molar-refractivity contribution in [2.24, 2.45) is 5.92 Å². The fourth-order valence-corrected chi connectivity index (χ4v) is 5.30. The zero-order valence-electron chi connectivity index (χ0n) is 18.7. The molecule has 2 heterocycles. The van der Waals surface area contributed by atoms with Gasteiger partial charge >= 0.3 is 0 Å².